The van der Waals surface area contributed by atoms with Crippen LogP contribution in [-0.2, 0) is 14.8 Å². The monoisotopic (exact) mass is 379 g/mol. The summed E-state index contributed by atoms with van der Waals surface area (Å²) < 4.78 is 32.1. The van der Waals surface area contributed by atoms with Crippen LogP contribution in [0.5, 0.6) is 0 Å². The fourth-order valence-electron chi connectivity index (χ4n) is 3.02. The van der Waals surface area contributed by atoms with Crippen molar-refractivity contribution in [2.45, 2.75) is 24.7 Å². The molecule has 0 spiro atoms. The number of benzene rings is 1. The first-order valence-electron chi connectivity index (χ1n) is 8.85. The van der Waals surface area contributed by atoms with Gasteiger partial charge in [-0.25, -0.2) is 13.2 Å². The van der Waals surface area contributed by atoms with Crippen molar-refractivity contribution in [3.05, 3.63) is 41.6 Å². The van der Waals surface area contributed by atoms with Crippen molar-refractivity contribution in [2.24, 2.45) is 0 Å². The van der Waals surface area contributed by atoms with E-state index < -0.39 is 10.0 Å². The lowest BCUT2D eigenvalue weighted by atomic mass is 10.1. The maximum Gasteiger partial charge on any atom is 0.321 e. The molecule has 26 heavy (non-hydrogen) atoms. The van der Waals surface area contributed by atoms with Crippen molar-refractivity contribution in [1.29, 1.82) is 0 Å². The highest BCUT2D eigenvalue weighted by atomic mass is 32.2. The molecule has 0 saturated carbocycles. The number of hydrogen-bond acceptors (Lipinski definition) is 4. The maximum atomic E-state index is 12.7. The molecule has 0 aliphatic carbocycles. The zero-order valence-corrected chi connectivity index (χ0v) is 15.8. The zero-order chi connectivity index (χ0) is 18.6. The highest BCUT2D eigenvalue weighted by molar-refractivity contribution is 7.89. The fourth-order valence-corrected chi connectivity index (χ4v) is 4.45. The second-order valence-electron chi connectivity index (χ2n) is 6.57. The Labute approximate surface area is 154 Å². The molecular formula is C18H25N3O4S. The Morgan fingerprint density at radius 3 is 2.31 bits per heavy atom. The Morgan fingerprint density at radius 1 is 1.08 bits per heavy atom. The summed E-state index contributed by atoms with van der Waals surface area (Å²) in [5.74, 6) is 0. The topological polar surface area (TPSA) is 79.0 Å². The predicted molar refractivity (Wildman–Crippen MR) is 98.2 cm³/mol. The number of hydrogen-bond donors (Lipinski definition) is 1. The van der Waals surface area contributed by atoms with E-state index in [4.69, 9.17) is 4.74 Å². The van der Waals surface area contributed by atoms with Crippen LogP contribution in [0.2, 0.25) is 0 Å². The molecule has 8 heteroatoms. The van der Waals surface area contributed by atoms with Crippen molar-refractivity contribution < 1.29 is 17.9 Å². The molecule has 0 bridgehead atoms. The van der Waals surface area contributed by atoms with Crippen LogP contribution in [0.3, 0.4) is 0 Å². The minimum Gasteiger partial charge on any atom is -0.381 e. The molecule has 1 aromatic rings. The van der Waals surface area contributed by atoms with Gasteiger partial charge in [0.1, 0.15) is 0 Å². The van der Waals surface area contributed by atoms with E-state index in [0.29, 0.717) is 44.3 Å². The van der Waals surface area contributed by atoms with Crippen molar-refractivity contribution >= 4 is 16.1 Å². The number of aryl methyl sites for hydroxylation is 1. The minimum atomic E-state index is -3.51. The largest absolute Gasteiger partial charge is 0.381 e. The first-order chi connectivity index (χ1) is 12.5. The fraction of sp³-hybridized carbons (Fsp3) is 0.500. The van der Waals surface area contributed by atoms with E-state index in [1.54, 1.807) is 35.4 Å². The van der Waals surface area contributed by atoms with Crippen LogP contribution in [-0.4, -0.2) is 63.0 Å². The third kappa shape index (κ3) is 4.44. The molecule has 142 valence electrons. The molecule has 2 saturated heterocycles. The molecule has 2 aliphatic rings. The predicted octanol–water partition coefficient (Wildman–Crippen LogP) is 1.71. The van der Waals surface area contributed by atoms with Crippen molar-refractivity contribution in [3.63, 3.8) is 0 Å². The Morgan fingerprint density at radius 2 is 1.69 bits per heavy atom. The van der Waals surface area contributed by atoms with Gasteiger partial charge in [-0.3, -0.25) is 0 Å². The summed E-state index contributed by atoms with van der Waals surface area (Å²) in [5, 5.41) is 2.82. The molecule has 0 radical (unpaired) electrons. The molecule has 0 unspecified atom stereocenters. The van der Waals surface area contributed by atoms with Gasteiger partial charge in [0, 0.05) is 32.4 Å². The summed E-state index contributed by atoms with van der Waals surface area (Å²) >= 11 is 0. The lowest BCUT2D eigenvalue weighted by Gasteiger charge is -2.33. The van der Waals surface area contributed by atoms with Gasteiger partial charge in [0.15, 0.2) is 0 Å². The molecule has 2 amide bonds. The Kier molecular flexibility index (Phi) is 5.95. The number of nitrogens with zero attached hydrogens (tertiary/aromatic N) is 2. The first-order valence-corrected chi connectivity index (χ1v) is 10.3. The Balaban J connectivity index is 1.55. The van der Waals surface area contributed by atoms with Crippen LogP contribution < -0.4 is 5.32 Å². The van der Waals surface area contributed by atoms with Gasteiger partial charge in [-0.2, -0.15) is 4.31 Å². The number of urea groups is 1. The molecule has 2 fully saturated rings. The standard InChI is InChI=1S/C18H25N3O4S/c1-15-2-4-17(5-3-15)26(23,24)21-10-8-20(9-11-21)18(22)19-14-16-6-12-25-13-7-16/h2-5,14H,6-13H2,1H3,(H,19,22). The summed E-state index contributed by atoms with van der Waals surface area (Å²) in [5.41, 5.74) is 2.19. The number of carbonyl (C=O) groups excluding carboxylic acids is 1. The number of rotatable bonds is 3. The summed E-state index contributed by atoms with van der Waals surface area (Å²) in [6.07, 6.45) is 3.44. The van der Waals surface area contributed by atoms with Gasteiger partial charge >= 0.3 is 6.03 Å². The molecule has 2 aliphatic heterocycles. The maximum absolute atomic E-state index is 12.7. The SMILES string of the molecule is Cc1ccc(S(=O)(=O)N2CCN(C(=O)NC=C3CCOCC3)CC2)cc1. The van der Waals surface area contributed by atoms with E-state index in [2.05, 4.69) is 5.32 Å². The third-order valence-electron chi connectivity index (χ3n) is 4.72. The number of piperazine rings is 1. The van der Waals surface area contributed by atoms with Crippen LogP contribution >= 0.6 is 0 Å². The van der Waals surface area contributed by atoms with Gasteiger partial charge in [0.2, 0.25) is 10.0 Å². The smallest absolute Gasteiger partial charge is 0.321 e. The van der Waals surface area contributed by atoms with E-state index in [-0.39, 0.29) is 6.03 Å². The number of amides is 2. The molecule has 2 heterocycles. The van der Waals surface area contributed by atoms with E-state index >= 15 is 0 Å². The summed E-state index contributed by atoms with van der Waals surface area (Å²) in [4.78, 5) is 14.2. The lowest BCUT2D eigenvalue weighted by molar-refractivity contribution is 0.118. The van der Waals surface area contributed by atoms with Gasteiger partial charge in [0.25, 0.3) is 0 Å². The quantitative estimate of drug-likeness (QED) is 0.867. The minimum absolute atomic E-state index is 0.184. The first kappa shape index (κ1) is 18.9. The average Bonchev–Trinajstić information content (AvgIpc) is 2.67. The number of carbonyl (C=O) groups is 1. The summed E-state index contributed by atoms with van der Waals surface area (Å²) in [7, 11) is -3.51. The normalized spacial score (nSPS) is 19.3. The number of sulfonamides is 1. The molecule has 1 N–H and O–H groups in total. The summed E-state index contributed by atoms with van der Waals surface area (Å²) in [6, 6.07) is 6.66. The van der Waals surface area contributed by atoms with Crippen LogP contribution in [0.15, 0.2) is 40.9 Å². The van der Waals surface area contributed by atoms with Crippen molar-refractivity contribution in [1.82, 2.24) is 14.5 Å². The third-order valence-corrected chi connectivity index (χ3v) is 6.63. The summed E-state index contributed by atoms with van der Waals surface area (Å²) in [6.45, 7) is 4.66. The van der Waals surface area contributed by atoms with E-state index in [1.165, 1.54) is 9.88 Å². The van der Waals surface area contributed by atoms with Gasteiger partial charge in [-0.15, -0.1) is 0 Å². The van der Waals surface area contributed by atoms with Crippen LogP contribution in [0.25, 0.3) is 0 Å². The second kappa shape index (κ2) is 8.20. The molecule has 0 atom stereocenters. The van der Waals surface area contributed by atoms with Crippen molar-refractivity contribution in [3.8, 4) is 0 Å². The molecule has 0 aromatic heterocycles. The Hall–Kier alpha value is -1.90. The van der Waals surface area contributed by atoms with E-state index in [0.717, 1.165) is 18.4 Å². The molecule has 7 nitrogen and oxygen atoms in total. The van der Waals surface area contributed by atoms with Gasteiger partial charge in [-0.05, 0) is 37.5 Å². The molecule has 3 rings (SSSR count). The van der Waals surface area contributed by atoms with E-state index in [1.807, 2.05) is 6.92 Å². The molecule has 1 aromatic carbocycles. The molecular weight excluding hydrogens is 354 g/mol. The Bertz CT molecular complexity index is 758. The lowest BCUT2D eigenvalue weighted by Crippen LogP contribution is -2.52. The van der Waals surface area contributed by atoms with Gasteiger partial charge in [-0.1, -0.05) is 17.7 Å². The average molecular weight is 379 g/mol. The van der Waals surface area contributed by atoms with Crippen LogP contribution in [0, 0.1) is 6.92 Å². The van der Waals surface area contributed by atoms with Gasteiger partial charge in [0.05, 0.1) is 18.1 Å². The number of ether oxygens (including phenoxy) is 1. The highest BCUT2D eigenvalue weighted by Gasteiger charge is 2.29. The van der Waals surface area contributed by atoms with E-state index in [9.17, 15) is 13.2 Å². The van der Waals surface area contributed by atoms with Crippen LogP contribution in [0.1, 0.15) is 18.4 Å². The van der Waals surface area contributed by atoms with Crippen LogP contribution in [0.4, 0.5) is 4.79 Å². The second-order valence-corrected chi connectivity index (χ2v) is 8.51. The van der Waals surface area contributed by atoms with Crippen molar-refractivity contribution in [2.75, 3.05) is 39.4 Å². The number of nitrogens with one attached hydrogen (secondary N) is 1. The van der Waals surface area contributed by atoms with Gasteiger partial charge < -0.3 is 15.0 Å². The zero-order valence-electron chi connectivity index (χ0n) is 15.0. The highest BCUT2D eigenvalue weighted by Crippen LogP contribution is 2.18.